The van der Waals surface area contributed by atoms with Crippen LogP contribution < -0.4 is 10.2 Å². The zero-order valence-electron chi connectivity index (χ0n) is 12.1. The molecule has 22 heavy (non-hydrogen) atoms. The number of halogens is 2. The van der Waals surface area contributed by atoms with Gasteiger partial charge in [-0.05, 0) is 43.2 Å². The Kier molecular flexibility index (Phi) is 4.03. The molecule has 1 amide bonds. The van der Waals surface area contributed by atoms with Gasteiger partial charge in [0.1, 0.15) is 5.82 Å². The molecule has 1 atom stereocenters. The molecule has 3 rings (SSSR count). The van der Waals surface area contributed by atoms with Crippen LogP contribution in [0.5, 0.6) is 0 Å². The molecule has 0 spiro atoms. The van der Waals surface area contributed by atoms with Gasteiger partial charge < -0.3 is 10.2 Å². The Hall–Kier alpha value is -2.07. The number of anilines is 2. The molecule has 0 saturated heterocycles. The first-order valence-corrected chi connectivity index (χ1v) is 7.53. The topological polar surface area (TPSA) is 32.3 Å². The molecule has 5 heteroatoms. The minimum Gasteiger partial charge on any atom is -0.375 e. The van der Waals surface area contributed by atoms with E-state index < -0.39 is 5.82 Å². The quantitative estimate of drug-likeness (QED) is 0.931. The van der Waals surface area contributed by atoms with Crippen molar-refractivity contribution in [3.05, 3.63) is 58.9 Å². The summed E-state index contributed by atoms with van der Waals surface area (Å²) in [6.07, 6.45) is 0.860. The van der Waals surface area contributed by atoms with Crippen molar-refractivity contribution in [2.75, 3.05) is 16.8 Å². The Bertz CT molecular complexity index is 720. The van der Waals surface area contributed by atoms with Crippen molar-refractivity contribution in [3.8, 4) is 0 Å². The smallest absolute Gasteiger partial charge is 0.246 e. The van der Waals surface area contributed by atoms with Crippen LogP contribution in [0.1, 0.15) is 12.5 Å². The van der Waals surface area contributed by atoms with E-state index in [1.54, 1.807) is 4.90 Å². The van der Waals surface area contributed by atoms with Crippen molar-refractivity contribution >= 4 is 28.9 Å². The first kappa shape index (κ1) is 14.9. The van der Waals surface area contributed by atoms with Gasteiger partial charge in [0, 0.05) is 11.7 Å². The summed E-state index contributed by atoms with van der Waals surface area (Å²) >= 11 is 5.95. The number of hydrogen-bond donors (Lipinski definition) is 1. The predicted octanol–water partition coefficient (Wildman–Crippen LogP) is 3.87. The highest BCUT2D eigenvalue weighted by atomic mass is 35.5. The summed E-state index contributed by atoms with van der Waals surface area (Å²) in [4.78, 5) is 14.3. The second-order valence-electron chi connectivity index (χ2n) is 5.42. The Labute approximate surface area is 133 Å². The van der Waals surface area contributed by atoms with Gasteiger partial charge in [0.2, 0.25) is 5.91 Å². The molecule has 114 valence electrons. The van der Waals surface area contributed by atoms with Gasteiger partial charge in [0.25, 0.3) is 0 Å². The van der Waals surface area contributed by atoms with Crippen molar-refractivity contribution in [1.29, 1.82) is 0 Å². The van der Waals surface area contributed by atoms with Gasteiger partial charge in [-0.25, -0.2) is 4.39 Å². The Morgan fingerprint density at radius 2 is 2.14 bits per heavy atom. The number of rotatable bonds is 3. The molecule has 0 fully saturated rings. The SMILES string of the molecule is C[C@H]1Cc2ccccc2N1C(=O)CNc1ccc(F)cc1Cl. The molecule has 0 bridgehead atoms. The largest absolute Gasteiger partial charge is 0.375 e. The minimum absolute atomic E-state index is 0.0298. The van der Waals surface area contributed by atoms with Crippen LogP contribution >= 0.6 is 11.6 Å². The zero-order chi connectivity index (χ0) is 15.7. The highest BCUT2D eigenvalue weighted by Gasteiger charge is 2.30. The number of nitrogens with zero attached hydrogens (tertiary/aromatic N) is 1. The summed E-state index contributed by atoms with van der Waals surface area (Å²) in [5.41, 5.74) is 2.70. The number of fused-ring (bicyclic) bond motifs is 1. The molecule has 0 unspecified atom stereocenters. The maximum absolute atomic E-state index is 13.0. The number of hydrogen-bond acceptors (Lipinski definition) is 2. The summed E-state index contributed by atoms with van der Waals surface area (Å²) in [5.74, 6) is -0.429. The van der Waals surface area contributed by atoms with Crippen molar-refractivity contribution in [2.24, 2.45) is 0 Å². The first-order valence-electron chi connectivity index (χ1n) is 7.15. The van der Waals surface area contributed by atoms with Crippen LogP contribution in [0.3, 0.4) is 0 Å². The minimum atomic E-state index is -0.399. The van der Waals surface area contributed by atoms with Gasteiger partial charge >= 0.3 is 0 Å². The maximum Gasteiger partial charge on any atom is 0.246 e. The van der Waals surface area contributed by atoms with Crippen molar-refractivity contribution < 1.29 is 9.18 Å². The molecule has 1 aliphatic heterocycles. The van der Waals surface area contributed by atoms with Crippen molar-refractivity contribution in [1.82, 2.24) is 0 Å². The molecular weight excluding hydrogens is 303 g/mol. The summed E-state index contributed by atoms with van der Waals surface area (Å²) < 4.78 is 13.0. The van der Waals surface area contributed by atoms with Crippen LogP contribution in [-0.2, 0) is 11.2 Å². The molecule has 1 N–H and O–H groups in total. The van der Waals surface area contributed by atoms with Gasteiger partial charge in [-0.2, -0.15) is 0 Å². The molecule has 1 heterocycles. The van der Waals surface area contributed by atoms with E-state index in [-0.39, 0.29) is 23.5 Å². The van der Waals surface area contributed by atoms with Crippen LogP contribution in [0.2, 0.25) is 5.02 Å². The van der Waals surface area contributed by atoms with E-state index in [1.807, 2.05) is 31.2 Å². The molecule has 0 saturated carbocycles. The van der Waals surface area contributed by atoms with E-state index in [1.165, 1.54) is 23.8 Å². The van der Waals surface area contributed by atoms with Crippen LogP contribution in [0.25, 0.3) is 0 Å². The fourth-order valence-electron chi connectivity index (χ4n) is 2.83. The molecule has 3 nitrogen and oxygen atoms in total. The van der Waals surface area contributed by atoms with E-state index in [9.17, 15) is 9.18 Å². The van der Waals surface area contributed by atoms with Gasteiger partial charge in [0.15, 0.2) is 0 Å². The number of carbonyl (C=O) groups is 1. The van der Waals surface area contributed by atoms with E-state index >= 15 is 0 Å². The number of benzene rings is 2. The molecule has 2 aromatic carbocycles. The summed E-state index contributed by atoms with van der Waals surface area (Å²) in [6, 6.07) is 12.1. The zero-order valence-corrected chi connectivity index (χ0v) is 12.9. The summed E-state index contributed by atoms with van der Waals surface area (Å²) in [5, 5.41) is 3.24. The average Bonchev–Trinajstić information content (AvgIpc) is 2.82. The normalized spacial score (nSPS) is 16.5. The Morgan fingerprint density at radius 3 is 2.91 bits per heavy atom. The Morgan fingerprint density at radius 1 is 1.36 bits per heavy atom. The van der Waals surface area contributed by atoms with Gasteiger partial charge in [-0.1, -0.05) is 29.8 Å². The molecule has 0 aromatic heterocycles. The van der Waals surface area contributed by atoms with Crippen LogP contribution in [0.15, 0.2) is 42.5 Å². The highest BCUT2D eigenvalue weighted by Crippen LogP contribution is 2.32. The van der Waals surface area contributed by atoms with E-state index in [0.717, 1.165) is 12.1 Å². The molecule has 0 aliphatic carbocycles. The van der Waals surface area contributed by atoms with Crippen molar-refractivity contribution in [3.63, 3.8) is 0 Å². The van der Waals surface area contributed by atoms with Crippen molar-refractivity contribution in [2.45, 2.75) is 19.4 Å². The summed E-state index contributed by atoms with van der Waals surface area (Å²) in [6.45, 7) is 2.15. The third kappa shape index (κ3) is 2.79. The number of carbonyl (C=O) groups excluding carboxylic acids is 1. The standard InChI is InChI=1S/C17H16ClFN2O/c1-11-8-12-4-2-3-5-16(12)21(11)17(22)10-20-15-7-6-13(19)9-14(15)18/h2-7,9,11,20H,8,10H2,1H3/t11-/m0/s1. The molecule has 2 aromatic rings. The van der Waals surface area contributed by atoms with E-state index in [0.29, 0.717) is 5.69 Å². The van der Waals surface area contributed by atoms with E-state index in [2.05, 4.69) is 5.32 Å². The second-order valence-corrected chi connectivity index (χ2v) is 5.83. The van der Waals surface area contributed by atoms with Crippen LogP contribution in [0.4, 0.5) is 15.8 Å². The first-order chi connectivity index (χ1) is 10.6. The molecule has 1 aliphatic rings. The highest BCUT2D eigenvalue weighted by molar-refractivity contribution is 6.33. The average molecular weight is 319 g/mol. The number of para-hydroxylation sites is 1. The molecule has 0 radical (unpaired) electrons. The summed E-state index contributed by atoms with van der Waals surface area (Å²) in [7, 11) is 0. The maximum atomic E-state index is 13.0. The number of nitrogens with one attached hydrogen (secondary N) is 1. The fraction of sp³-hybridized carbons (Fsp3) is 0.235. The number of amides is 1. The van der Waals surface area contributed by atoms with Gasteiger partial charge in [-0.3, -0.25) is 4.79 Å². The lowest BCUT2D eigenvalue weighted by Gasteiger charge is -2.23. The monoisotopic (exact) mass is 318 g/mol. The predicted molar refractivity (Wildman–Crippen MR) is 87.0 cm³/mol. The lowest BCUT2D eigenvalue weighted by molar-refractivity contribution is -0.117. The fourth-order valence-corrected chi connectivity index (χ4v) is 3.07. The third-order valence-corrected chi connectivity index (χ3v) is 4.15. The van der Waals surface area contributed by atoms with E-state index in [4.69, 9.17) is 11.6 Å². The van der Waals surface area contributed by atoms with Crippen LogP contribution in [0, 0.1) is 5.82 Å². The Balaban J connectivity index is 1.72. The second kappa shape index (κ2) is 5.97. The van der Waals surface area contributed by atoms with Gasteiger partial charge in [0.05, 0.1) is 17.3 Å². The van der Waals surface area contributed by atoms with Crippen LogP contribution in [-0.4, -0.2) is 18.5 Å². The molecular formula is C17H16ClFN2O. The third-order valence-electron chi connectivity index (χ3n) is 3.84. The lowest BCUT2D eigenvalue weighted by Crippen LogP contribution is -2.39. The lowest BCUT2D eigenvalue weighted by atomic mass is 10.1. The van der Waals surface area contributed by atoms with Gasteiger partial charge in [-0.15, -0.1) is 0 Å².